The summed E-state index contributed by atoms with van der Waals surface area (Å²) in [5.41, 5.74) is 1.42. The Bertz CT molecular complexity index is 1430. The van der Waals surface area contributed by atoms with Crippen LogP contribution in [0.3, 0.4) is 0 Å². The molecule has 0 bridgehead atoms. The first-order valence-electron chi connectivity index (χ1n) is 15.1. The van der Waals surface area contributed by atoms with E-state index in [0.29, 0.717) is 47.9 Å². The van der Waals surface area contributed by atoms with E-state index in [1.165, 1.54) is 0 Å². The van der Waals surface area contributed by atoms with Crippen molar-refractivity contribution >= 4 is 22.6 Å². The molecule has 3 aliphatic heterocycles. The van der Waals surface area contributed by atoms with Crippen LogP contribution in [0.2, 0.25) is 0 Å². The number of benzene rings is 2. The third kappa shape index (κ3) is 6.52. The summed E-state index contributed by atoms with van der Waals surface area (Å²) in [6.07, 6.45) is 6.38. The lowest BCUT2D eigenvalue weighted by Crippen LogP contribution is -2.49. The van der Waals surface area contributed by atoms with Gasteiger partial charge < -0.3 is 29.3 Å². The van der Waals surface area contributed by atoms with E-state index in [2.05, 4.69) is 22.1 Å². The molecule has 9 heteroatoms. The Balaban J connectivity index is 1.18. The highest BCUT2D eigenvalue weighted by Gasteiger charge is 2.29. The smallest absolute Gasteiger partial charge is 0.251 e. The van der Waals surface area contributed by atoms with Crippen molar-refractivity contribution in [1.82, 2.24) is 20.1 Å². The van der Waals surface area contributed by atoms with Crippen molar-refractivity contribution in [2.24, 2.45) is 5.92 Å². The summed E-state index contributed by atoms with van der Waals surface area (Å²) in [7, 11) is 1.60. The fourth-order valence-corrected chi connectivity index (χ4v) is 6.38. The Morgan fingerprint density at radius 2 is 1.86 bits per heavy atom. The number of nitrogens with zero attached hydrogens (tertiary/aromatic N) is 3. The number of carbonyl (C=O) groups is 2. The molecule has 0 radical (unpaired) electrons. The molecule has 6 rings (SSSR count). The Hall–Kier alpha value is -3.69. The second-order valence-corrected chi connectivity index (χ2v) is 11.9. The van der Waals surface area contributed by atoms with Crippen LogP contribution in [0.15, 0.2) is 48.7 Å². The number of likely N-dealkylation sites (tertiary alicyclic amines) is 2. The number of methoxy groups -OCH3 is 1. The fraction of sp³-hybridized carbons (Fsp3) is 0.485. The highest BCUT2D eigenvalue weighted by molar-refractivity contribution is 5.95. The van der Waals surface area contributed by atoms with Crippen molar-refractivity contribution in [1.29, 1.82) is 0 Å². The standard InChI is InChI=1S/C33H40N4O5/c1-22-15-32(38)37(20-22)21-25-4-3-24(33(39)35-27-7-11-36(12-8-27)28-9-13-41-14-10-28)17-30(25)42-29-6-5-23-18-31(40-2)34-19-26(23)16-29/h3-6,16-19,22,27-28H,7-15,20-21H2,1-2H3,(H,35,39). The maximum absolute atomic E-state index is 13.4. The number of rotatable bonds is 8. The average Bonchev–Trinajstić information content (AvgIpc) is 3.34. The predicted octanol–water partition coefficient (Wildman–Crippen LogP) is 4.78. The van der Waals surface area contributed by atoms with Crippen molar-refractivity contribution in [2.75, 3.05) is 40.0 Å². The maximum Gasteiger partial charge on any atom is 0.251 e. The molecular weight excluding hydrogens is 532 g/mol. The quantitative estimate of drug-likeness (QED) is 0.415. The third-order valence-corrected chi connectivity index (χ3v) is 8.78. The number of ether oxygens (including phenoxy) is 3. The van der Waals surface area contributed by atoms with Crippen LogP contribution in [-0.4, -0.2) is 78.6 Å². The minimum atomic E-state index is -0.100. The highest BCUT2D eigenvalue weighted by atomic mass is 16.5. The van der Waals surface area contributed by atoms with Gasteiger partial charge in [0.25, 0.3) is 5.91 Å². The van der Waals surface area contributed by atoms with Crippen molar-refractivity contribution in [3.05, 3.63) is 59.8 Å². The van der Waals surface area contributed by atoms with E-state index < -0.39 is 0 Å². The normalized spacial score (nSPS) is 20.7. The molecule has 1 unspecified atom stereocenters. The molecule has 1 N–H and O–H groups in total. The van der Waals surface area contributed by atoms with Crippen molar-refractivity contribution in [3.8, 4) is 17.4 Å². The molecule has 3 saturated heterocycles. The molecule has 9 nitrogen and oxygen atoms in total. The highest BCUT2D eigenvalue weighted by Crippen LogP contribution is 2.32. The van der Waals surface area contributed by atoms with Crippen LogP contribution in [0.25, 0.3) is 10.8 Å². The van der Waals surface area contributed by atoms with Gasteiger partial charge in [-0.05, 0) is 61.3 Å². The van der Waals surface area contributed by atoms with Crippen LogP contribution < -0.4 is 14.8 Å². The number of hydrogen-bond acceptors (Lipinski definition) is 7. The number of carbonyl (C=O) groups excluding carboxylic acids is 2. The summed E-state index contributed by atoms with van der Waals surface area (Å²) < 4.78 is 17.2. The minimum absolute atomic E-state index is 0.100. The van der Waals surface area contributed by atoms with Crippen molar-refractivity contribution in [3.63, 3.8) is 0 Å². The molecule has 0 aliphatic carbocycles. The van der Waals surface area contributed by atoms with E-state index in [1.54, 1.807) is 13.3 Å². The van der Waals surface area contributed by atoms with Gasteiger partial charge in [-0.1, -0.05) is 19.1 Å². The number of fused-ring (bicyclic) bond motifs is 1. The van der Waals surface area contributed by atoms with Crippen molar-refractivity contribution in [2.45, 2.75) is 57.7 Å². The summed E-state index contributed by atoms with van der Waals surface area (Å²) in [5.74, 6) is 2.13. The third-order valence-electron chi connectivity index (χ3n) is 8.78. The summed E-state index contributed by atoms with van der Waals surface area (Å²) in [5, 5.41) is 5.16. The van der Waals surface area contributed by atoms with Crippen LogP contribution in [0.5, 0.6) is 17.4 Å². The zero-order valence-corrected chi connectivity index (χ0v) is 24.5. The van der Waals surface area contributed by atoms with Crippen LogP contribution >= 0.6 is 0 Å². The molecule has 4 heterocycles. The molecule has 0 saturated carbocycles. The number of piperidine rings is 1. The van der Waals surface area contributed by atoms with E-state index in [-0.39, 0.29) is 17.9 Å². The zero-order valence-electron chi connectivity index (χ0n) is 24.5. The van der Waals surface area contributed by atoms with Crippen LogP contribution in [0, 0.1) is 5.92 Å². The lowest BCUT2D eigenvalue weighted by molar-refractivity contribution is -0.128. The number of nitrogens with one attached hydrogen (secondary N) is 1. The number of hydrogen-bond donors (Lipinski definition) is 1. The number of pyridine rings is 1. The molecule has 1 aromatic heterocycles. The lowest BCUT2D eigenvalue weighted by atomic mass is 9.99. The molecule has 3 aromatic rings. The Labute approximate surface area is 247 Å². The SMILES string of the molecule is COc1cc2ccc(Oc3cc(C(=O)NC4CCN(C5CCOCC5)CC4)ccc3CN3CC(C)CC3=O)cc2cn1. The van der Waals surface area contributed by atoms with Gasteiger partial charge in [0.05, 0.1) is 7.11 Å². The summed E-state index contributed by atoms with van der Waals surface area (Å²) in [6, 6.07) is 14.0. The van der Waals surface area contributed by atoms with Crippen LogP contribution in [0.1, 0.15) is 54.9 Å². The molecule has 1 atom stereocenters. The summed E-state index contributed by atoms with van der Waals surface area (Å²) in [4.78, 5) is 34.7. The van der Waals surface area contributed by atoms with Gasteiger partial charge in [0, 0.05) is 86.7 Å². The Morgan fingerprint density at radius 1 is 1.05 bits per heavy atom. The largest absolute Gasteiger partial charge is 0.481 e. The first-order valence-corrected chi connectivity index (χ1v) is 15.1. The van der Waals surface area contributed by atoms with Crippen LogP contribution in [0.4, 0.5) is 0 Å². The first kappa shape index (κ1) is 28.4. The van der Waals surface area contributed by atoms with E-state index in [1.807, 2.05) is 47.4 Å². The zero-order chi connectivity index (χ0) is 29.1. The van der Waals surface area contributed by atoms with E-state index >= 15 is 0 Å². The van der Waals surface area contributed by atoms with Gasteiger partial charge in [0.2, 0.25) is 11.8 Å². The lowest BCUT2D eigenvalue weighted by Gasteiger charge is -2.39. The van der Waals surface area contributed by atoms with Gasteiger partial charge in [-0.25, -0.2) is 4.98 Å². The van der Waals surface area contributed by atoms with Gasteiger partial charge in [0.1, 0.15) is 11.5 Å². The Morgan fingerprint density at radius 3 is 2.60 bits per heavy atom. The van der Waals surface area contributed by atoms with Gasteiger partial charge >= 0.3 is 0 Å². The molecule has 222 valence electrons. The molecule has 2 aromatic carbocycles. The number of amides is 2. The maximum atomic E-state index is 13.4. The second-order valence-electron chi connectivity index (χ2n) is 11.9. The predicted molar refractivity (Wildman–Crippen MR) is 160 cm³/mol. The van der Waals surface area contributed by atoms with Crippen LogP contribution in [-0.2, 0) is 16.1 Å². The second kappa shape index (κ2) is 12.7. The van der Waals surface area contributed by atoms with E-state index in [4.69, 9.17) is 14.2 Å². The first-order chi connectivity index (χ1) is 20.4. The summed E-state index contributed by atoms with van der Waals surface area (Å²) in [6.45, 7) is 6.93. The van der Waals surface area contributed by atoms with Gasteiger partial charge in [0.15, 0.2) is 0 Å². The Kier molecular flexibility index (Phi) is 8.58. The monoisotopic (exact) mass is 572 g/mol. The average molecular weight is 573 g/mol. The van der Waals surface area contributed by atoms with Gasteiger partial charge in [-0.15, -0.1) is 0 Å². The number of aromatic nitrogens is 1. The molecule has 42 heavy (non-hydrogen) atoms. The van der Waals surface area contributed by atoms with E-state index in [0.717, 1.165) is 74.9 Å². The minimum Gasteiger partial charge on any atom is -0.481 e. The van der Waals surface area contributed by atoms with Gasteiger partial charge in [-0.3, -0.25) is 9.59 Å². The topological polar surface area (TPSA) is 93.2 Å². The molecular formula is C33H40N4O5. The molecule has 2 amide bonds. The molecule has 3 aliphatic rings. The fourth-order valence-electron chi connectivity index (χ4n) is 6.38. The van der Waals surface area contributed by atoms with Gasteiger partial charge in [-0.2, -0.15) is 0 Å². The summed E-state index contributed by atoms with van der Waals surface area (Å²) >= 11 is 0. The van der Waals surface area contributed by atoms with E-state index in [9.17, 15) is 9.59 Å². The molecule has 0 spiro atoms. The molecule has 3 fully saturated rings. The van der Waals surface area contributed by atoms with Crippen molar-refractivity contribution < 1.29 is 23.8 Å².